The van der Waals surface area contributed by atoms with E-state index in [0.29, 0.717) is 34.9 Å². The number of benzene rings is 1. The second kappa shape index (κ2) is 10.4. The molecule has 0 saturated heterocycles. The number of methoxy groups -OCH3 is 2. The van der Waals surface area contributed by atoms with Crippen LogP contribution in [0.3, 0.4) is 0 Å². The van der Waals surface area contributed by atoms with Crippen LogP contribution in [0.2, 0.25) is 0 Å². The van der Waals surface area contributed by atoms with E-state index in [-0.39, 0.29) is 12.5 Å². The molecule has 1 N–H and O–H groups in total. The summed E-state index contributed by atoms with van der Waals surface area (Å²) in [5.41, 5.74) is 0.984. The van der Waals surface area contributed by atoms with Gasteiger partial charge in [0.2, 0.25) is 0 Å². The fraction of sp³-hybridized carbons (Fsp3) is 0.263. The monoisotopic (exact) mass is 437 g/mol. The molecule has 8 heteroatoms. The predicted octanol–water partition coefficient (Wildman–Crippen LogP) is 2.97. The van der Waals surface area contributed by atoms with Gasteiger partial charge in [0.1, 0.15) is 5.76 Å². The molecule has 0 spiro atoms. The Bertz CT molecular complexity index is 814. The number of esters is 1. The number of rotatable bonds is 9. The molecule has 0 unspecified atom stereocenters. The van der Waals surface area contributed by atoms with Crippen molar-refractivity contribution in [2.24, 2.45) is 0 Å². The fourth-order valence-electron chi connectivity index (χ4n) is 2.19. The standard InChI is InChI=1S/C19H20BrNO6/c1-24-15-6-3-13(11-16(15)25-2)9-10-21-18(22)12-26-19(23)8-5-14-4-7-17(20)27-14/h3-8,11H,9-10,12H2,1-2H3,(H,21,22)/b8-5+. The molecule has 0 aliphatic carbocycles. The normalized spacial score (nSPS) is 10.6. The molecule has 2 aromatic rings. The van der Waals surface area contributed by atoms with Crippen LogP contribution in [0.4, 0.5) is 0 Å². The number of halogens is 1. The first-order valence-electron chi connectivity index (χ1n) is 8.09. The van der Waals surface area contributed by atoms with Gasteiger partial charge in [0, 0.05) is 12.6 Å². The van der Waals surface area contributed by atoms with Crippen LogP contribution >= 0.6 is 15.9 Å². The second-order valence-corrected chi connectivity index (χ2v) is 6.15. The van der Waals surface area contributed by atoms with Crippen LogP contribution in [0.1, 0.15) is 11.3 Å². The van der Waals surface area contributed by atoms with Gasteiger partial charge in [0.05, 0.1) is 14.2 Å². The lowest BCUT2D eigenvalue weighted by molar-refractivity contribution is -0.143. The van der Waals surface area contributed by atoms with Crippen LogP contribution in [0.25, 0.3) is 6.08 Å². The smallest absolute Gasteiger partial charge is 0.331 e. The minimum absolute atomic E-state index is 0.350. The summed E-state index contributed by atoms with van der Waals surface area (Å²) in [5, 5.41) is 2.69. The van der Waals surface area contributed by atoms with Crippen molar-refractivity contribution in [3.8, 4) is 11.5 Å². The Kier molecular flexibility index (Phi) is 7.94. The molecular formula is C19H20BrNO6. The molecule has 0 radical (unpaired) electrons. The molecule has 0 saturated carbocycles. The first kappa shape index (κ1) is 20.6. The summed E-state index contributed by atoms with van der Waals surface area (Å²) in [6, 6.07) is 8.95. The lowest BCUT2D eigenvalue weighted by atomic mass is 10.1. The van der Waals surface area contributed by atoms with Crippen molar-refractivity contribution in [3.63, 3.8) is 0 Å². The minimum atomic E-state index is -0.627. The van der Waals surface area contributed by atoms with Crippen molar-refractivity contribution >= 4 is 33.9 Å². The molecule has 144 valence electrons. The van der Waals surface area contributed by atoms with Crippen molar-refractivity contribution in [3.05, 3.63) is 52.4 Å². The van der Waals surface area contributed by atoms with Gasteiger partial charge in [-0.15, -0.1) is 0 Å². The van der Waals surface area contributed by atoms with E-state index in [1.165, 1.54) is 12.2 Å². The molecule has 1 aromatic carbocycles. The molecule has 2 rings (SSSR count). The maximum absolute atomic E-state index is 11.8. The zero-order chi connectivity index (χ0) is 19.6. The molecule has 7 nitrogen and oxygen atoms in total. The minimum Gasteiger partial charge on any atom is -0.493 e. The Morgan fingerprint density at radius 2 is 1.93 bits per heavy atom. The van der Waals surface area contributed by atoms with Gasteiger partial charge in [-0.3, -0.25) is 4.79 Å². The summed E-state index contributed by atoms with van der Waals surface area (Å²) < 4.78 is 21.1. The van der Waals surface area contributed by atoms with Gasteiger partial charge in [-0.25, -0.2) is 4.79 Å². The third kappa shape index (κ3) is 6.82. The van der Waals surface area contributed by atoms with Gasteiger partial charge >= 0.3 is 5.97 Å². The molecule has 0 atom stereocenters. The summed E-state index contributed by atoms with van der Waals surface area (Å²) in [5.74, 6) is 0.770. The molecule has 27 heavy (non-hydrogen) atoms. The van der Waals surface area contributed by atoms with Crippen molar-refractivity contribution in [1.82, 2.24) is 5.32 Å². The average Bonchev–Trinajstić information content (AvgIpc) is 3.09. The van der Waals surface area contributed by atoms with E-state index in [1.807, 2.05) is 18.2 Å². The number of carbonyl (C=O) groups excluding carboxylic acids is 2. The molecule has 1 heterocycles. The number of ether oxygens (including phenoxy) is 3. The maximum atomic E-state index is 11.8. The predicted molar refractivity (Wildman–Crippen MR) is 103 cm³/mol. The van der Waals surface area contributed by atoms with Crippen molar-refractivity contribution < 1.29 is 28.2 Å². The quantitative estimate of drug-likeness (QED) is 0.479. The summed E-state index contributed by atoms with van der Waals surface area (Å²) in [6.07, 6.45) is 3.26. The molecule has 0 aliphatic rings. The van der Waals surface area contributed by atoms with Gasteiger partial charge in [-0.2, -0.15) is 0 Å². The van der Waals surface area contributed by atoms with Crippen LogP contribution in [-0.4, -0.2) is 39.2 Å². The molecule has 1 aromatic heterocycles. The van der Waals surface area contributed by atoms with Crippen LogP contribution in [0.15, 0.2) is 45.5 Å². The van der Waals surface area contributed by atoms with E-state index in [1.54, 1.807) is 26.4 Å². The van der Waals surface area contributed by atoms with Crippen LogP contribution in [0, 0.1) is 0 Å². The Morgan fingerprint density at radius 3 is 2.59 bits per heavy atom. The van der Waals surface area contributed by atoms with Crippen molar-refractivity contribution in [2.75, 3.05) is 27.4 Å². The molecule has 1 amide bonds. The SMILES string of the molecule is COc1ccc(CCNC(=O)COC(=O)/C=C/c2ccc(Br)o2)cc1OC. The fourth-order valence-corrected chi connectivity index (χ4v) is 2.51. The summed E-state index contributed by atoms with van der Waals surface area (Å²) in [4.78, 5) is 23.3. The number of carbonyl (C=O) groups is 2. The van der Waals surface area contributed by atoms with E-state index in [2.05, 4.69) is 21.2 Å². The molecule has 0 aliphatic heterocycles. The van der Waals surface area contributed by atoms with E-state index in [9.17, 15) is 9.59 Å². The van der Waals surface area contributed by atoms with Crippen LogP contribution < -0.4 is 14.8 Å². The molecule has 0 bridgehead atoms. The Balaban J connectivity index is 1.70. The Hall–Kier alpha value is -2.74. The highest BCUT2D eigenvalue weighted by atomic mass is 79.9. The first-order valence-corrected chi connectivity index (χ1v) is 8.89. The first-order chi connectivity index (χ1) is 13.0. The third-order valence-corrected chi connectivity index (χ3v) is 3.93. The van der Waals surface area contributed by atoms with Crippen LogP contribution in [0.5, 0.6) is 11.5 Å². The Morgan fingerprint density at radius 1 is 1.15 bits per heavy atom. The van der Waals surface area contributed by atoms with E-state index >= 15 is 0 Å². The van der Waals surface area contributed by atoms with Crippen molar-refractivity contribution in [1.29, 1.82) is 0 Å². The highest BCUT2D eigenvalue weighted by molar-refractivity contribution is 9.10. The average molecular weight is 438 g/mol. The van der Waals surface area contributed by atoms with Gasteiger partial charge in [0.15, 0.2) is 22.8 Å². The third-order valence-electron chi connectivity index (χ3n) is 3.51. The van der Waals surface area contributed by atoms with Gasteiger partial charge in [-0.05, 0) is 58.3 Å². The zero-order valence-electron chi connectivity index (χ0n) is 15.0. The van der Waals surface area contributed by atoms with Gasteiger partial charge in [0.25, 0.3) is 5.91 Å². The zero-order valence-corrected chi connectivity index (χ0v) is 16.6. The molecule has 0 fully saturated rings. The number of hydrogen-bond donors (Lipinski definition) is 1. The summed E-state index contributed by atoms with van der Waals surface area (Å²) in [6.45, 7) is 0.0546. The number of hydrogen-bond acceptors (Lipinski definition) is 6. The van der Waals surface area contributed by atoms with Gasteiger partial charge in [-0.1, -0.05) is 6.07 Å². The second-order valence-electron chi connectivity index (χ2n) is 5.37. The van der Waals surface area contributed by atoms with Crippen LogP contribution in [-0.2, 0) is 20.7 Å². The topological polar surface area (TPSA) is 87.0 Å². The largest absolute Gasteiger partial charge is 0.493 e. The Labute approximate surface area is 165 Å². The lowest BCUT2D eigenvalue weighted by Crippen LogP contribution is -2.30. The highest BCUT2D eigenvalue weighted by Crippen LogP contribution is 2.27. The van der Waals surface area contributed by atoms with E-state index in [4.69, 9.17) is 18.6 Å². The maximum Gasteiger partial charge on any atom is 0.331 e. The number of amides is 1. The highest BCUT2D eigenvalue weighted by Gasteiger charge is 2.07. The lowest BCUT2D eigenvalue weighted by Gasteiger charge is -2.10. The summed E-state index contributed by atoms with van der Waals surface area (Å²) in [7, 11) is 3.14. The van der Waals surface area contributed by atoms with Gasteiger partial charge < -0.3 is 23.9 Å². The molecular weight excluding hydrogens is 418 g/mol. The summed E-state index contributed by atoms with van der Waals surface area (Å²) >= 11 is 3.16. The van der Waals surface area contributed by atoms with Crippen molar-refractivity contribution in [2.45, 2.75) is 6.42 Å². The van der Waals surface area contributed by atoms with E-state index in [0.717, 1.165) is 5.56 Å². The van der Waals surface area contributed by atoms with E-state index < -0.39 is 5.97 Å². The number of nitrogens with one attached hydrogen (secondary N) is 1. The number of furan rings is 1.